The Morgan fingerprint density at radius 2 is 2.24 bits per heavy atom. The molecule has 21 heavy (non-hydrogen) atoms. The van der Waals surface area contributed by atoms with Crippen molar-refractivity contribution in [3.05, 3.63) is 35.2 Å². The zero-order valence-electron chi connectivity index (χ0n) is 12.9. The molecule has 0 bridgehead atoms. The van der Waals surface area contributed by atoms with E-state index in [2.05, 4.69) is 30.3 Å². The molecular formula is C17H25ClN2O. The number of nitrogens with zero attached hydrogens (tertiary/aromatic N) is 1. The number of piperidine rings is 1. The Bertz CT molecular complexity index is 549. The van der Waals surface area contributed by atoms with Gasteiger partial charge in [0, 0.05) is 36.0 Å². The van der Waals surface area contributed by atoms with Crippen molar-refractivity contribution in [3.8, 4) is 0 Å². The Morgan fingerprint density at radius 3 is 2.90 bits per heavy atom. The van der Waals surface area contributed by atoms with Crippen LogP contribution in [0.5, 0.6) is 0 Å². The summed E-state index contributed by atoms with van der Waals surface area (Å²) in [6, 6.07) is 0. The number of fused-ring (bicyclic) bond motifs is 2. The van der Waals surface area contributed by atoms with Gasteiger partial charge in [0.1, 0.15) is 0 Å². The third-order valence-corrected chi connectivity index (χ3v) is 5.02. The molecule has 0 amide bonds. The minimum atomic E-state index is 0. The van der Waals surface area contributed by atoms with E-state index < -0.39 is 0 Å². The van der Waals surface area contributed by atoms with Crippen LogP contribution in [0.4, 0.5) is 0 Å². The van der Waals surface area contributed by atoms with E-state index in [0.717, 1.165) is 44.5 Å². The third-order valence-electron chi connectivity index (χ3n) is 5.02. The van der Waals surface area contributed by atoms with Crippen LogP contribution in [-0.2, 0) is 12.8 Å². The Kier molecular flexibility index (Phi) is 4.95. The number of halogens is 1. The van der Waals surface area contributed by atoms with Crippen LogP contribution >= 0.6 is 12.4 Å². The fourth-order valence-corrected chi connectivity index (χ4v) is 4.03. The monoisotopic (exact) mass is 308 g/mol. The lowest BCUT2D eigenvalue weighted by Crippen LogP contribution is -2.46. The van der Waals surface area contributed by atoms with Crippen LogP contribution in [0, 0.1) is 18.8 Å². The topological polar surface area (TPSA) is 36.1 Å². The number of carbonyl (C=O) groups excluding carboxylic acids is 1. The summed E-state index contributed by atoms with van der Waals surface area (Å²) in [4.78, 5) is 18.7. The van der Waals surface area contributed by atoms with Gasteiger partial charge in [-0.2, -0.15) is 0 Å². The standard InChI is InChI=1S/C17H24N2O.ClH/c1-4-7-19-8-6-12-9-15-16(17(20)14(12)10-19)13(5-2)11(3)18-15;/h4,12,14,18H,1,5-10H2,2-3H3;1H. The van der Waals surface area contributed by atoms with Crippen LogP contribution in [0.15, 0.2) is 12.7 Å². The molecule has 1 aromatic rings. The van der Waals surface area contributed by atoms with E-state index in [4.69, 9.17) is 0 Å². The quantitative estimate of drug-likeness (QED) is 0.871. The van der Waals surface area contributed by atoms with Crippen molar-refractivity contribution in [2.24, 2.45) is 11.8 Å². The second kappa shape index (κ2) is 6.37. The zero-order chi connectivity index (χ0) is 14.3. The average Bonchev–Trinajstić information content (AvgIpc) is 2.75. The molecule has 0 saturated carbocycles. The molecule has 0 spiro atoms. The van der Waals surface area contributed by atoms with Crippen LogP contribution in [0.2, 0.25) is 0 Å². The second-order valence-electron chi connectivity index (χ2n) is 6.21. The first kappa shape index (κ1) is 16.3. The van der Waals surface area contributed by atoms with Gasteiger partial charge < -0.3 is 4.98 Å². The summed E-state index contributed by atoms with van der Waals surface area (Å²) < 4.78 is 0. The van der Waals surface area contributed by atoms with Gasteiger partial charge in [0.05, 0.1) is 0 Å². The number of aromatic nitrogens is 1. The normalized spacial score (nSPS) is 25.0. The average molecular weight is 309 g/mol. The van der Waals surface area contributed by atoms with Crippen molar-refractivity contribution >= 4 is 18.2 Å². The highest BCUT2D eigenvalue weighted by molar-refractivity contribution is 6.02. The third kappa shape index (κ3) is 2.69. The van der Waals surface area contributed by atoms with Gasteiger partial charge in [-0.3, -0.25) is 9.69 Å². The Balaban J connectivity index is 0.00000161. The molecule has 1 aromatic heterocycles. The van der Waals surface area contributed by atoms with E-state index in [-0.39, 0.29) is 18.3 Å². The summed E-state index contributed by atoms with van der Waals surface area (Å²) in [6.45, 7) is 10.9. The fraction of sp³-hybridized carbons (Fsp3) is 0.588. The van der Waals surface area contributed by atoms with Gasteiger partial charge in [-0.1, -0.05) is 13.0 Å². The number of rotatable bonds is 3. The number of Topliss-reactive ketones (excluding diaryl/α,β-unsaturated/α-hetero) is 1. The van der Waals surface area contributed by atoms with Crippen molar-refractivity contribution < 1.29 is 4.79 Å². The predicted molar refractivity (Wildman–Crippen MR) is 88.4 cm³/mol. The van der Waals surface area contributed by atoms with E-state index in [9.17, 15) is 4.79 Å². The van der Waals surface area contributed by atoms with Crippen LogP contribution in [0.1, 0.15) is 40.7 Å². The molecule has 1 aliphatic heterocycles. The van der Waals surface area contributed by atoms with E-state index in [1.807, 2.05) is 6.08 Å². The van der Waals surface area contributed by atoms with Gasteiger partial charge >= 0.3 is 0 Å². The van der Waals surface area contributed by atoms with Gasteiger partial charge in [-0.15, -0.1) is 19.0 Å². The van der Waals surface area contributed by atoms with Crippen LogP contribution in [-0.4, -0.2) is 35.3 Å². The molecular weight excluding hydrogens is 284 g/mol. The molecule has 2 atom stereocenters. The molecule has 2 aliphatic rings. The molecule has 116 valence electrons. The molecule has 0 aromatic carbocycles. The highest BCUT2D eigenvalue weighted by Crippen LogP contribution is 2.37. The first-order valence-electron chi connectivity index (χ1n) is 7.73. The molecule has 1 saturated heterocycles. The minimum Gasteiger partial charge on any atom is -0.362 e. The summed E-state index contributed by atoms with van der Waals surface area (Å²) >= 11 is 0. The maximum atomic E-state index is 12.9. The minimum absolute atomic E-state index is 0. The molecule has 3 nitrogen and oxygen atoms in total. The number of ketones is 1. The molecule has 4 heteroatoms. The molecule has 1 aliphatic carbocycles. The van der Waals surface area contributed by atoms with Gasteiger partial charge in [-0.05, 0) is 44.2 Å². The number of H-pyrrole nitrogens is 1. The number of aryl methyl sites for hydroxylation is 1. The van der Waals surface area contributed by atoms with Gasteiger partial charge in [0.2, 0.25) is 0 Å². The highest BCUT2D eigenvalue weighted by atomic mass is 35.5. The van der Waals surface area contributed by atoms with Crippen molar-refractivity contribution in [1.82, 2.24) is 9.88 Å². The van der Waals surface area contributed by atoms with E-state index in [1.165, 1.54) is 17.0 Å². The van der Waals surface area contributed by atoms with Gasteiger partial charge in [0.15, 0.2) is 5.78 Å². The lowest BCUT2D eigenvalue weighted by molar-refractivity contribution is 0.0682. The van der Waals surface area contributed by atoms with Crippen molar-refractivity contribution in [2.45, 2.75) is 33.1 Å². The first-order chi connectivity index (χ1) is 9.65. The van der Waals surface area contributed by atoms with Crippen molar-refractivity contribution in [2.75, 3.05) is 19.6 Å². The van der Waals surface area contributed by atoms with Crippen molar-refractivity contribution in [3.63, 3.8) is 0 Å². The summed E-state index contributed by atoms with van der Waals surface area (Å²) in [5, 5.41) is 0. The fourth-order valence-electron chi connectivity index (χ4n) is 4.03. The van der Waals surface area contributed by atoms with Crippen LogP contribution in [0.25, 0.3) is 0 Å². The maximum absolute atomic E-state index is 12.9. The largest absolute Gasteiger partial charge is 0.362 e. The maximum Gasteiger partial charge on any atom is 0.169 e. The van der Waals surface area contributed by atoms with Crippen LogP contribution < -0.4 is 0 Å². The number of carbonyl (C=O) groups is 1. The Morgan fingerprint density at radius 1 is 1.48 bits per heavy atom. The molecule has 0 radical (unpaired) electrons. The van der Waals surface area contributed by atoms with Crippen molar-refractivity contribution in [1.29, 1.82) is 0 Å². The second-order valence-corrected chi connectivity index (χ2v) is 6.21. The Labute approximate surface area is 133 Å². The molecule has 3 rings (SSSR count). The number of hydrogen-bond acceptors (Lipinski definition) is 2. The van der Waals surface area contributed by atoms with E-state index >= 15 is 0 Å². The van der Waals surface area contributed by atoms with Gasteiger partial charge in [-0.25, -0.2) is 0 Å². The number of aromatic amines is 1. The lowest BCUT2D eigenvalue weighted by atomic mass is 9.72. The van der Waals surface area contributed by atoms with Gasteiger partial charge in [0.25, 0.3) is 0 Å². The summed E-state index contributed by atoms with van der Waals surface area (Å²) in [6.07, 6.45) is 5.06. The zero-order valence-corrected chi connectivity index (χ0v) is 13.8. The van der Waals surface area contributed by atoms with E-state index in [0.29, 0.717) is 11.7 Å². The summed E-state index contributed by atoms with van der Waals surface area (Å²) in [7, 11) is 0. The summed E-state index contributed by atoms with van der Waals surface area (Å²) in [5.41, 5.74) is 4.64. The SMILES string of the molecule is C=CCN1CCC2Cc3[nH]c(C)c(CC)c3C(=O)C2C1.Cl. The molecule has 1 fully saturated rings. The predicted octanol–water partition coefficient (Wildman–Crippen LogP) is 3.17. The lowest BCUT2D eigenvalue weighted by Gasteiger charge is -2.40. The first-order valence-corrected chi connectivity index (χ1v) is 7.73. The smallest absolute Gasteiger partial charge is 0.169 e. The number of likely N-dealkylation sites (tertiary alicyclic amines) is 1. The van der Waals surface area contributed by atoms with E-state index in [1.54, 1.807) is 0 Å². The van der Waals surface area contributed by atoms with Crippen LogP contribution in [0.3, 0.4) is 0 Å². The Hall–Kier alpha value is -1.06. The molecule has 2 heterocycles. The number of hydrogen-bond donors (Lipinski definition) is 1. The summed E-state index contributed by atoms with van der Waals surface area (Å²) in [5.74, 6) is 1.10. The highest BCUT2D eigenvalue weighted by Gasteiger charge is 2.41. The number of nitrogens with one attached hydrogen (secondary N) is 1. The molecule has 1 N–H and O–H groups in total. The molecule has 2 unspecified atom stereocenters.